The zero-order valence-electron chi connectivity index (χ0n) is 29.0. The summed E-state index contributed by atoms with van der Waals surface area (Å²) >= 11 is 0. The van der Waals surface area contributed by atoms with Crippen molar-refractivity contribution in [2.45, 2.75) is 126 Å². The highest BCUT2D eigenvalue weighted by Gasteiger charge is 3.04. The van der Waals surface area contributed by atoms with Crippen LogP contribution in [0.2, 0.25) is 0 Å². The molecule has 2 nitrogen and oxygen atoms in total. The van der Waals surface area contributed by atoms with Gasteiger partial charge in [0.1, 0.15) is 0 Å². The van der Waals surface area contributed by atoms with Crippen LogP contribution in [0, 0.1) is 0 Å². The van der Waals surface area contributed by atoms with Crippen LogP contribution in [0.15, 0.2) is 12.2 Å². The lowest BCUT2D eigenvalue weighted by molar-refractivity contribution is -0.503. The number of halogens is 41. The molecule has 67 heavy (non-hydrogen) atoms. The van der Waals surface area contributed by atoms with Crippen LogP contribution < -0.4 is 0 Å². The molecule has 400 valence electrons. The molecule has 0 aliphatic heterocycles. The van der Waals surface area contributed by atoms with Gasteiger partial charge in [-0.2, -0.15) is 176 Å². The van der Waals surface area contributed by atoms with Crippen molar-refractivity contribution in [3.05, 3.63) is 12.2 Å². The van der Waals surface area contributed by atoms with Crippen LogP contribution in [0.5, 0.6) is 0 Å². The van der Waals surface area contributed by atoms with Gasteiger partial charge in [-0.3, -0.25) is 0 Å². The van der Waals surface area contributed by atoms with Crippen LogP contribution in [0.4, 0.5) is 180 Å². The highest BCUT2D eigenvalue weighted by Crippen LogP contribution is 2.71. The molecule has 0 saturated carbocycles. The molecule has 0 bridgehead atoms. The molecule has 0 spiro atoms. The normalized spacial score (nSPS) is 17.6. The van der Waals surface area contributed by atoms with E-state index in [1.807, 2.05) is 0 Å². The summed E-state index contributed by atoms with van der Waals surface area (Å²) in [6.07, 6.45) is -26.6. The van der Waals surface area contributed by atoms with Gasteiger partial charge in [-0.05, 0) is 6.92 Å². The summed E-state index contributed by atoms with van der Waals surface area (Å²) in [7, 11) is 0. The zero-order valence-corrected chi connectivity index (χ0v) is 29.0. The third-order valence-corrected chi connectivity index (χ3v) is 8.09. The highest BCUT2D eigenvalue weighted by molar-refractivity contribution is 5.87. The Balaban J connectivity index is 8.67. The maximum absolute atomic E-state index is 15.4. The first kappa shape index (κ1) is 63.3. The van der Waals surface area contributed by atoms with Crippen LogP contribution in [-0.4, -0.2) is 125 Å². The number of alkyl halides is 41. The Bertz CT molecular complexity index is 1840. The average molecular weight is 1100 g/mol. The minimum atomic E-state index is -10.6. The van der Waals surface area contributed by atoms with Crippen LogP contribution >= 0.6 is 0 Å². The fourth-order valence-electron chi connectivity index (χ4n) is 4.02. The molecule has 43 heteroatoms. The maximum Gasteiger partial charge on any atom is 0.460 e. The van der Waals surface area contributed by atoms with E-state index in [1.54, 1.807) is 11.3 Å². The smallest absolute Gasteiger partial charge is 0.413 e. The largest absolute Gasteiger partial charge is 0.460 e. The third-order valence-electron chi connectivity index (χ3n) is 8.09. The van der Waals surface area contributed by atoms with Crippen molar-refractivity contribution < 1.29 is 190 Å². The summed E-state index contributed by atoms with van der Waals surface area (Å²) < 4.78 is 566. The van der Waals surface area contributed by atoms with Gasteiger partial charge >= 0.3 is 125 Å². The van der Waals surface area contributed by atoms with Gasteiger partial charge in [-0.25, -0.2) is 9.18 Å². The Kier molecular flexibility index (Phi) is 14.6. The molecule has 0 aromatic rings. The van der Waals surface area contributed by atoms with Crippen molar-refractivity contribution in [2.24, 2.45) is 0 Å². The molecule has 0 aliphatic carbocycles. The van der Waals surface area contributed by atoms with Gasteiger partial charge in [0, 0.05) is 5.57 Å². The molecule has 0 N–H and O–H groups in total. The quantitative estimate of drug-likeness (QED) is 0.0777. The molecule has 1 atom stereocenters. The predicted molar refractivity (Wildman–Crippen MR) is 121 cm³/mol. The van der Waals surface area contributed by atoms with Crippen molar-refractivity contribution >= 4 is 5.97 Å². The zero-order chi connectivity index (χ0) is 55.9. The predicted octanol–water partition coefficient (Wildman–Crippen LogP) is 13.7. The minimum Gasteiger partial charge on any atom is -0.413 e. The second-order valence-corrected chi connectivity index (χ2v) is 12.5. The van der Waals surface area contributed by atoms with Gasteiger partial charge in [-0.1, -0.05) is 6.58 Å². The maximum atomic E-state index is 15.4. The number of hydrogen-bond acceptors (Lipinski definition) is 2. The lowest BCUT2D eigenvalue weighted by atomic mass is 9.80. The summed E-state index contributed by atoms with van der Waals surface area (Å²) in [5, 5.41) is 0. The topological polar surface area (TPSA) is 26.3 Å². The highest BCUT2D eigenvalue weighted by atomic mass is 19.5. The van der Waals surface area contributed by atoms with E-state index in [2.05, 4.69) is 0 Å². The van der Waals surface area contributed by atoms with Crippen molar-refractivity contribution in [1.82, 2.24) is 0 Å². The number of carbonyl (C=O) groups excluding carboxylic acids is 1. The van der Waals surface area contributed by atoms with Crippen LogP contribution in [0.25, 0.3) is 0 Å². The van der Waals surface area contributed by atoms with Gasteiger partial charge in [0.2, 0.25) is 0 Å². The molecule has 0 aromatic heterocycles. The molecular weight excluding hydrogens is 1100 g/mol. The summed E-state index contributed by atoms with van der Waals surface area (Å²) in [5.41, 5.74) is -12.2. The Morgan fingerprint density at radius 3 is 0.597 bits per heavy atom. The lowest BCUT2D eigenvalue weighted by Crippen LogP contribution is -2.82. The van der Waals surface area contributed by atoms with E-state index in [0.29, 0.717) is 0 Å². The van der Waals surface area contributed by atoms with Gasteiger partial charge in [0.25, 0.3) is 0 Å². The van der Waals surface area contributed by atoms with Crippen LogP contribution in [0.3, 0.4) is 0 Å². The lowest BCUT2D eigenvalue weighted by Gasteiger charge is -2.49. The fourth-order valence-corrected chi connectivity index (χ4v) is 4.02. The first-order valence-corrected chi connectivity index (χ1v) is 14.2. The van der Waals surface area contributed by atoms with E-state index in [9.17, 15) is 180 Å². The van der Waals surface area contributed by atoms with Crippen molar-refractivity contribution in [3.8, 4) is 0 Å². The summed E-state index contributed by atoms with van der Waals surface area (Å²) in [4.78, 5) is 11.5. The molecule has 0 aromatic carbocycles. The SMILES string of the molecule is C=C(C)C(=O)OC(F)(C(F)(F)C(F)(F)C(F)(F)C(F)(F)C(F)(F)C(F)(F)C(F)(F)C(F)(F)C(F)(F)C(F)(F)C(F)(F)F)C(F)(F)C(F)(F)C(F)(F)C(F)(F)C(F)(F)C(F)(C(F)(F)F)C(F)(F)F. The molecule has 1 unspecified atom stereocenters. The van der Waals surface area contributed by atoms with Crippen molar-refractivity contribution in [3.63, 3.8) is 0 Å². The number of rotatable bonds is 18. The van der Waals surface area contributed by atoms with Gasteiger partial charge in [0.05, 0.1) is 0 Å². The first-order valence-electron chi connectivity index (χ1n) is 14.2. The molecule has 0 radical (unpaired) electrons. The van der Waals surface area contributed by atoms with Crippen molar-refractivity contribution in [1.29, 1.82) is 0 Å². The third kappa shape index (κ3) is 7.30. The van der Waals surface area contributed by atoms with Gasteiger partial charge in [-0.15, -0.1) is 0 Å². The van der Waals surface area contributed by atoms with Crippen molar-refractivity contribution in [2.75, 3.05) is 0 Å². The number of ether oxygens (including phenoxy) is 1. The van der Waals surface area contributed by atoms with E-state index in [-0.39, 0.29) is 0 Å². The van der Waals surface area contributed by atoms with Crippen LogP contribution in [0.1, 0.15) is 6.92 Å². The van der Waals surface area contributed by atoms with E-state index < -0.39 is 137 Å². The molecule has 0 amide bonds. The Morgan fingerprint density at radius 1 is 0.269 bits per heavy atom. The molecule has 0 rings (SSSR count). The van der Waals surface area contributed by atoms with Gasteiger partial charge in [0.15, 0.2) is 0 Å². The molecule has 0 heterocycles. The summed E-state index contributed by atoms with van der Waals surface area (Å²) in [6, 6.07) is 0. The molecular formula is C24H5F41O2. The Hall–Kier alpha value is -3.66. The second-order valence-electron chi connectivity index (χ2n) is 12.5. The van der Waals surface area contributed by atoms with E-state index in [4.69, 9.17) is 0 Å². The minimum absolute atomic E-state index is 0.594. The molecule has 0 fully saturated rings. The van der Waals surface area contributed by atoms with E-state index in [0.717, 1.165) is 0 Å². The summed E-state index contributed by atoms with van der Waals surface area (Å²) in [6.45, 7) is 1.19. The summed E-state index contributed by atoms with van der Waals surface area (Å²) in [5.74, 6) is -168. The number of esters is 1. The Morgan fingerprint density at radius 2 is 0.433 bits per heavy atom. The van der Waals surface area contributed by atoms with E-state index >= 15 is 4.39 Å². The van der Waals surface area contributed by atoms with Gasteiger partial charge < -0.3 is 4.74 Å². The monoisotopic (exact) mass is 1100 g/mol. The molecule has 0 aliphatic rings. The number of carbonyl (C=O) groups is 1. The fraction of sp³-hybridized carbons (Fsp3) is 0.875. The second kappa shape index (κ2) is 15.4. The first-order chi connectivity index (χ1) is 28.1. The molecule has 0 saturated heterocycles. The average Bonchev–Trinajstić information content (AvgIpc) is 3.07. The van der Waals surface area contributed by atoms with Crippen LogP contribution in [-0.2, 0) is 9.53 Å². The Labute approximate surface area is 335 Å². The standard InChI is InChI=1S/C24H5F41O2/c1-3(2)4(66)67-21(56,18(50,51)15(44,45)8(30,31)7(28,29)6(26,27)5(25,22(57,58)59)23(60,61)62)19(52,53)16(46,47)13(40,41)11(36,37)9(32,33)10(34,35)12(38,39)14(42,43)17(48,49)20(54,55)24(63,64)65/h1H2,2H3. The number of hydrogen-bond donors (Lipinski definition) is 0. The van der Waals surface area contributed by atoms with E-state index in [1.165, 1.54) is 0 Å².